The second-order valence-electron chi connectivity index (χ2n) is 7.73. The van der Waals surface area contributed by atoms with Gasteiger partial charge in [-0.05, 0) is 51.2 Å². The van der Waals surface area contributed by atoms with Gasteiger partial charge in [0.1, 0.15) is 5.60 Å². The fourth-order valence-corrected chi connectivity index (χ4v) is 2.57. The van der Waals surface area contributed by atoms with Crippen molar-refractivity contribution in [2.24, 2.45) is 11.8 Å². The average molecular weight is 347 g/mol. The van der Waals surface area contributed by atoms with Crippen LogP contribution in [-0.2, 0) is 16.1 Å². The molecule has 25 heavy (non-hydrogen) atoms. The van der Waals surface area contributed by atoms with Gasteiger partial charge in [-0.15, -0.1) is 0 Å². The summed E-state index contributed by atoms with van der Waals surface area (Å²) in [5.41, 5.74) is 0.407. The monoisotopic (exact) mass is 347 g/mol. The third kappa shape index (κ3) is 6.72. The van der Waals surface area contributed by atoms with Crippen molar-refractivity contribution in [1.29, 1.82) is 0 Å². The number of amides is 2. The van der Waals surface area contributed by atoms with Gasteiger partial charge < -0.3 is 15.0 Å². The maximum atomic E-state index is 12.4. The van der Waals surface area contributed by atoms with Gasteiger partial charge in [0.25, 0.3) is 0 Å². The van der Waals surface area contributed by atoms with Gasteiger partial charge in [-0.3, -0.25) is 9.78 Å². The Morgan fingerprint density at radius 1 is 1.40 bits per heavy atom. The molecule has 1 aromatic rings. The van der Waals surface area contributed by atoms with E-state index in [1.807, 2.05) is 32.9 Å². The van der Waals surface area contributed by atoms with Crippen molar-refractivity contribution in [3.63, 3.8) is 0 Å². The number of aromatic nitrogens is 1. The third-order valence-corrected chi connectivity index (χ3v) is 4.10. The summed E-state index contributed by atoms with van der Waals surface area (Å²) < 4.78 is 5.49. The topological polar surface area (TPSA) is 71.5 Å². The van der Waals surface area contributed by atoms with E-state index in [0.717, 1.165) is 12.0 Å². The van der Waals surface area contributed by atoms with Crippen LogP contribution in [0.1, 0.15) is 46.1 Å². The van der Waals surface area contributed by atoms with Crippen molar-refractivity contribution in [3.8, 4) is 0 Å². The minimum atomic E-state index is -0.541. The molecule has 138 valence electrons. The third-order valence-electron chi connectivity index (χ3n) is 4.10. The predicted molar refractivity (Wildman–Crippen MR) is 95.8 cm³/mol. The van der Waals surface area contributed by atoms with Crippen molar-refractivity contribution in [1.82, 2.24) is 15.2 Å². The van der Waals surface area contributed by atoms with Gasteiger partial charge >= 0.3 is 6.09 Å². The summed E-state index contributed by atoms with van der Waals surface area (Å²) in [6.07, 6.45) is 4.77. The number of rotatable bonds is 7. The number of nitrogens with one attached hydrogen (secondary N) is 1. The molecule has 0 radical (unpaired) electrons. The van der Waals surface area contributed by atoms with E-state index in [-0.39, 0.29) is 17.9 Å². The molecule has 1 aliphatic rings. The lowest BCUT2D eigenvalue weighted by Gasteiger charge is -2.27. The van der Waals surface area contributed by atoms with Gasteiger partial charge in [0.15, 0.2) is 0 Å². The first-order valence-electron chi connectivity index (χ1n) is 8.91. The van der Waals surface area contributed by atoms with E-state index in [2.05, 4.69) is 17.2 Å². The van der Waals surface area contributed by atoms with E-state index < -0.39 is 5.60 Å². The summed E-state index contributed by atoms with van der Waals surface area (Å²) in [4.78, 5) is 30.0. The van der Waals surface area contributed by atoms with E-state index in [9.17, 15) is 9.59 Å². The van der Waals surface area contributed by atoms with Crippen LogP contribution >= 0.6 is 0 Å². The summed E-state index contributed by atoms with van der Waals surface area (Å²) >= 11 is 0. The molecule has 0 bridgehead atoms. The normalized spacial score (nSPS) is 19.2. The van der Waals surface area contributed by atoms with Crippen LogP contribution in [0.4, 0.5) is 4.79 Å². The fourth-order valence-electron chi connectivity index (χ4n) is 2.57. The van der Waals surface area contributed by atoms with E-state index in [1.54, 1.807) is 17.3 Å². The van der Waals surface area contributed by atoms with Crippen LogP contribution in [0.3, 0.4) is 0 Å². The summed E-state index contributed by atoms with van der Waals surface area (Å²) in [6.45, 7) is 9.16. The summed E-state index contributed by atoms with van der Waals surface area (Å²) in [6, 6.07) is 3.78. The summed E-state index contributed by atoms with van der Waals surface area (Å²) in [5, 5.41) is 2.95. The van der Waals surface area contributed by atoms with E-state index >= 15 is 0 Å². The number of ether oxygens (including phenoxy) is 1. The van der Waals surface area contributed by atoms with Gasteiger partial charge in [0.2, 0.25) is 5.91 Å². The highest BCUT2D eigenvalue weighted by Crippen LogP contribution is 2.37. The first-order valence-corrected chi connectivity index (χ1v) is 8.91. The highest BCUT2D eigenvalue weighted by molar-refractivity contribution is 5.81. The van der Waals surface area contributed by atoms with Gasteiger partial charge in [-0.1, -0.05) is 13.0 Å². The Balaban J connectivity index is 1.85. The smallest absolute Gasteiger partial charge is 0.410 e. The first-order chi connectivity index (χ1) is 11.8. The Hall–Kier alpha value is -2.11. The molecule has 1 fully saturated rings. The Morgan fingerprint density at radius 3 is 2.68 bits per heavy atom. The SMILES string of the molecule is C[C@H]1C[C@@H]1C(=O)NCCCN(Cc1cccnc1)C(=O)OC(C)(C)C. The average Bonchev–Trinajstić information content (AvgIpc) is 3.26. The van der Waals surface area contributed by atoms with E-state index in [0.29, 0.717) is 32.0 Å². The van der Waals surface area contributed by atoms with Crippen molar-refractivity contribution < 1.29 is 14.3 Å². The lowest BCUT2D eigenvalue weighted by Crippen LogP contribution is -2.38. The van der Waals surface area contributed by atoms with Crippen LogP contribution in [0.25, 0.3) is 0 Å². The summed E-state index contributed by atoms with van der Waals surface area (Å²) in [7, 11) is 0. The Labute approximate surface area is 150 Å². The van der Waals surface area contributed by atoms with Crippen LogP contribution in [-0.4, -0.2) is 40.6 Å². The molecule has 1 aliphatic carbocycles. The van der Waals surface area contributed by atoms with Crippen LogP contribution in [0.2, 0.25) is 0 Å². The Morgan fingerprint density at radius 2 is 2.12 bits per heavy atom. The molecular weight excluding hydrogens is 318 g/mol. The Bertz CT molecular complexity index is 583. The maximum absolute atomic E-state index is 12.4. The van der Waals surface area contributed by atoms with Crippen LogP contribution in [0.5, 0.6) is 0 Å². The lowest BCUT2D eigenvalue weighted by atomic mass is 10.2. The molecule has 0 aromatic carbocycles. The molecule has 0 aliphatic heterocycles. The van der Waals surface area contributed by atoms with Gasteiger partial charge in [0, 0.05) is 31.4 Å². The van der Waals surface area contributed by atoms with Gasteiger partial charge in [-0.2, -0.15) is 0 Å². The van der Waals surface area contributed by atoms with Crippen molar-refractivity contribution in [2.45, 2.75) is 52.7 Å². The number of carbonyl (C=O) groups excluding carboxylic acids is 2. The molecular formula is C19H29N3O3. The minimum Gasteiger partial charge on any atom is -0.444 e. The highest BCUT2D eigenvalue weighted by atomic mass is 16.6. The second kappa shape index (κ2) is 8.32. The largest absolute Gasteiger partial charge is 0.444 e. The van der Waals surface area contributed by atoms with Crippen LogP contribution < -0.4 is 5.32 Å². The zero-order valence-electron chi connectivity index (χ0n) is 15.6. The molecule has 2 amide bonds. The molecule has 6 nitrogen and oxygen atoms in total. The number of carbonyl (C=O) groups is 2. The number of hydrogen-bond acceptors (Lipinski definition) is 4. The lowest BCUT2D eigenvalue weighted by molar-refractivity contribution is -0.122. The highest BCUT2D eigenvalue weighted by Gasteiger charge is 2.38. The molecule has 2 atom stereocenters. The molecule has 1 heterocycles. The zero-order chi connectivity index (χ0) is 18.4. The molecule has 2 rings (SSSR count). The molecule has 1 N–H and O–H groups in total. The zero-order valence-corrected chi connectivity index (χ0v) is 15.6. The van der Waals surface area contributed by atoms with E-state index in [1.165, 1.54) is 0 Å². The molecule has 1 aromatic heterocycles. The number of nitrogens with zero attached hydrogens (tertiary/aromatic N) is 2. The minimum absolute atomic E-state index is 0.128. The standard InChI is InChI=1S/C19H29N3O3/c1-14-11-16(14)17(23)21-9-6-10-22(18(24)25-19(2,3)4)13-15-7-5-8-20-12-15/h5,7-8,12,14,16H,6,9-11,13H2,1-4H3,(H,21,23)/t14-,16-/m0/s1. The molecule has 0 spiro atoms. The molecule has 0 saturated heterocycles. The molecule has 6 heteroatoms. The van der Waals surface area contributed by atoms with Crippen LogP contribution in [0.15, 0.2) is 24.5 Å². The second-order valence-corrected chi connectivity index (χ2v) is 7.73. The van der Waals surface area contributed by atoms with E-state index in [4.69, 9.17) is 4.74 Å². The first kappa shape index (κ1) is 19.2. The van der Waals surface area contributed by atoms with Crippen molar-refractivity contribution in [3.05, 3.63) is 30.1 Å². The van der Waals surface area contributed by atoms with Gasteiger partial charge in [-0.25, -0.2) is 4.79 Å². The maximum Gasteiger partial charge on any atom is 0.410 e. The van der Waals surface area contributed by atoms with Gasteiger partial charge in [0.05, 0.1) is 6.54 Å². The van der Waals surface area contributed by atoms with Crippen molar-refractivity contribution in [2.75, 3.05) is 13.1 Å². The summed E-state index contributed by atoms with van der Waals surface area (Å²) in [5.74, 6) is 0.810. The van der Waals surface area contributed by atoms with Crippen molar-refractivity contribution >= 4 is 12.0 Å². The molecule has 1 saturated carbocycles. The number of hydrogen-bond donors (Lipinski definition) is 1. The predicted octanol–water partition coefficient (Wildman–Crippen LogP) is 2.98. The Kier molecular flexibility index (Phi) is 6.39. The van der Waals surface area contributed by atoms with Crippen LogP contribution in [0, 0.1) is 11.8 Å². The fraction of sp³-hybridized carbons (Fsp3) is 0.632. The number of pyridine rings is 1. The quantitative estimate of drug-likeness (QED) is 0.770. The molecule has 0 unspecified atom stereocenters.